The lowest BCUT2D eigenvalue weighted by atomic mass is 10.1. The van der Waals surface area contributed by atoms with Gasteiger partial charge in [-0.3, -0.25) is 64.5 Å². The third-order valence-electron chi connectivity index (χ3n) is 21.1. The Bertz CT molecular complexity index is 4650. The highest BCUT2D eigenvalue weighted by Crippen LogP contribution is 2.30. The number of hydrogen-bond acceptors (Lipinski definition) is 17. The summed E-state index contributed by atoms with van der Waals surface area (Å²) in [4.78, 5) is 120. The number of nitrogens with one attached hydrogen (secondary N) is 1. The van der Waals surface area contributed by atoms with Crippen LogP contribution in [0.2, 0.25) is 0 Å². The normalized spacial score (nSPS) is 22.0. The number of aliphatic hydroxyl groups excluding tert-OH is 2. The van der Waals surface area contributed by atoms with E-state index in [1.54, 1.807) is 40.4 Å². The minimum absolute atomic E-state index is 0.0178. The highest BCUT2D eigenvalue weighted by molar-refractivity contribution is 7.86. The van der Waals surface area contributed by atoms with Crippen molar-refractivity contribution in [1.82, 2.24) is 39.6 Å². The predicted octanol–water partition coefficient (Wildman–Crippen LogP) is 11.0. The number of halogens is 5. The molecule has 666 valence electrons. The second kappa shape index (κ2) is 49.0. The summed E-state index contributed by atoms with van der Waals surface area (Å²) < 4.78 is 101. The number of aliphatic hydroxyl groups is 2. The number of alkyl carbamates (subject to hydrolysis) is 1. The fraction of sp³-hybridized carbons (Fsp3) is 0.440. The van der Waals surface area contributed by atoms with Crippen LogP contribution in [-0.2, 0) is 108 Å². The zero-order chi connectivity index (χ0) is 89.9. The molecule has 0 saturated carbocycles. The van der Waals surface area contributed by atoms with Crippen molar-refractivity contribution in [2.24, 2.45) is 46.5 Å². The summed E-state index contributed by atoms with van der Waals surface area (Å²) in [6, 6.07) is 65.4. The molecule has 33 heteroatoms. The Morgan fingerprint density at radius 2 is 0.782 bits per heavy atom. The van der Waals surface area contributed by atoms with E-state index < -0.39 is 109 Å². The smallest absolute Gasteiger partial charge is 0.408 e. The average Bonchev–Trinajstić information content (AvgIpc) is 1.68. The van der Waals surface area contributed by atoms with Crippen molar-refractivity contribution in [3.63, 3.8) is 0 Å². The van der Waals surface area contributed by atoms with Gasteiger partial charge in [-0.25, -0.2) is 4.79 Å². The molecule has 124 heavy (non-hydrogen) atoms. The summed E-state index contributed by atoms with van der Waals surface area (Å²) in [6.45, 7) is 8.31. The molecule has 7 aliphatic heterocycles. The molecule has 27 nitrogen and oxygen atoms in total. The predicted molar refractivity (Wildman–Crippen MR) is 452 cm³/mol. The number of rotatable bonds is 25. The molecular weight excluding hydrogens is 1630 g/mol. The van der Waals surface area contributed by atoms with Crippen LogP contribution in [0.25, 0.3) is 10.4 Å². The summed E-state index contributed by atoms with van der Waals surface area (Å²) in [5.41, 5.74) is 14.9. The van der Waals surface area contributed by atoms with Crippen LogP contribution < -0.4 is 5.32 Å². The lowest BCUT2D eigenvalue weighted by molar-refractivity contribution is -0.145. The molecule has 3 N–H and O–H groups in total. The van der Waals surface area contributed by atoms with Gasteiger partial charge in [0.2, 0.25) is 29.5 Å². The maximum Gasteiger partial charge on any atom is 0.408 e. The maximum atomic E-state index is 13.3. The van der Waals surface area contributed by atoms with E-state index >= 15 is 0 Å². The van der Waals surface area contributed by atoms with E-state index in [0.29, 0.717) is 91.4 Å². The molecule has 0 radical (unpaired) electrons. The van der Waals surface area contributed by atoms with E-state index in [1.807, 2.05) is 217 Å². The molecule has 7 aliphatic rings. The summed E-state index contributed by atoms with van der Waals surface area (Å²) in [6.07, 6.45) is -1.15. The van der Waals surface area contributed by atoms with Gasteiger partial charge in [0.25, 0.3) is 21.9 Å². The first-order valence-electron chi connectivity index (χ1n) is 40.8. The number of hydrogen-bond donors (Lipinski definition) is 3. The number of carbonyl (C=O) groups excluding carboxylic acids is 9. The molecule has 7 saturated heterocycles. The molecule has 0 spiro atoms. The topological polar surface area (TPSA) is 339 Å². The van der Waals surface area contributed by atoms with Crippen LogP contribution in [0.3, 0.4) is 0 Å². The van der Waals surface area contributed by atoms with E-state index in [1.165, 1.54) is 16.9 Å². The number of alkyl halides is 5. The molecule has 0 aromatic heterocycles. The van der Waals surface area contributed by atoms with Gasteiger partial charge in [-0.15, -0.1) is 0 Å². The van der Waals surface area contributed by atoms with Crippen molar-refractivity contribution in [3.05, 3.63) is 262 Å². The first kappa shape index (κ1) is 97.8. The molecule has 8 amide bonds. The highest BCUT2D eigenvalue weighted by Gasteiger charge is 2.46. The van der Waals surface area contributed by atoms with Crippen LogP contribution in [0.15, 0.2) is 217 Å². The number of nitrogens with zero attached hydrogens (tertiary/aromatic N) is 10. The number of carbonyl (C=O) groups is 9. The van der Waals surface area contributed by atoms with Crippen LogP contribution in [0.4, 0.5) is 26.7 Å². The standard InChI is InChI=1S/C17H23FN2O3.C13H16FNO4S.C13H15NO3.C12H13FN4O.C12H14FNO2.C12H14FNO.C12H15NO2/c1-17(2,3)23-16(22)19-14-13(9-18)11-20(15(14)21)10-12-7-5-4-6-8-12;1-20(17,18)19-12-11(7-14)9-15(13(12)16)8-10-5-3-2-4-6-10;1-17-13(16)11-7-12(15)14(9-11)8-10-5-3-2-4-6-10;13-6-10-8-17(12(18)11(10)15-16-14)7-9-4-2-1-3-5-9;13-6-10-8-14(12(16)11(10)15)7-9-4-2-1-3-5-9;13-7-11-6-12(15)14(9-11)8-10-4-2-1-3-5-10;14-9-11-6-12(15)13(8-11)7-10-4-2-1-3-5-10/h4-8,13-14H,9-11H2,1-3H3,(H,19,22);2-6,11-12H,7-9H2,1H3;2-6,11H,7-9H2,1H3;1-5,10-11H,6-8H2;1-5,10-11,15H,6-8H2;1-5,11H,6-9H2;1-5,11,14H,6-9H2/t13-,14-;11-,12+;;10-,11-;10-,11+;;/m00.00../s1. The van der Waals surface area contributed by atoms with Crippen molar-refractivity contribution in [2.75, 3.05) is 99.2 Å². The lowest BCUT2D eigenvalue weighted by Gasteiger charge is -2.22. The van der Waals surface area contributed by atoms with Gasteiger partial charge in [-0.2, -0.15) is 8.42 Å². The van der Waals surface area contributed by atoms with Gasteiger partial charge >= 0.3 is 12.1 Å². The van der Waals surface area contributed by atoms with Gasteiger partial charge in [0.05, 0.1) is 52.7 Å². The number of amides is 8. The van der Waals surface area contributed by atoms with Crippen molar-refractivity contribution < 1.29 is 97.4 Å². The van der Waals surface area contributed by atoms with Crippen LogP contribution in [0, 0.1) is 41.4 Å². The van der Waals surface area contributed by atoms with Crippen LogP contribution in [0.1, 0.15) is 79.0 Å². The van der Waals surface area contributed by atoms with E-state index in [0.717, 1.165) is 45.2 Å². The second-order valence-corrected chi connectivity index (χ2v) is 33.7. The van der Waals surface area contributed by atoms with Gasteiger partial charge in [-0.05, 0) is 65.2 Å². The Labute approximate surface area is 720 Å². The van der Waals surface area contributed by atoms with E-state index in [2.05, 4.69) is 20.1 Å². The van der Waals surface area contributed by atoms with Crippen molar-refractivity contribution in [3.8, 4) is 0 Å². The van der Waals surface area contributed by atoms with E-state index in [9.17, 15) is 78.6 Å². The maximum absolute atomic E-state index is 13.3. The van der Waals surface area contributed by atoms with Crippen LogP contribution >= 0.6 is 0 Å². The fourth-order valence-electron chi connectivity index (χ4n) is 14.8. The van der Waals surface area contributed by atoms with Crippen LogP contribution in [0.5, 0.6) is 0 Å². The summed E-state index contributed by atoms with van der Waals surface area (Å²) in [5.74, 6) is -4.17. The Hall–Kier alpha value is -11.6. The average molecular weight is 1740 g/mol. The number of esters is 1. The van der Waals surface area contributed by atoms with E-state index in [-0.39, 0.29) is 85.3 Å². The molecule has 7 heterocycles. The largest absolute Gasteiger partial charge is 0.469 e. The molecule has 3 unspecified atom stereocenters. The van der Waals surface area contributed by atoms with Crippen molar-refractivity contribution in [2.45, 2.75) is 116 Å². The van der Waals surface area contributed by atoms with E-state index in [4.69, 9.17) is 19.6 Å². The Balaban J connectivity index is 0.000000180. The first-order valence-corrected chi connectivity index (χ1v) is 42.6. The molecule has 7 aromatic carbocycles. The second-order valence-electron chi connectivity index (χ2n) is 32.1. The number of azide groups is 1. The fourth-order valence-corrected chi connectivity index (χ4v) is 15.4. The van der Waals surface area contributed by atoms with Gasteiger partial charge in [0.15, 0.2) is 6.10 Å². The molecule has 7 fully saturated rings. The monoisotopic (exact) mass is 1740 g/mol. The quantitative estimate of drug-likeness (QED) is 0.0120. The van der Waals surface area contributed by atoms with Gasteiger partial charge < -0.3 is 59.3 Å². The Morgan fingerprint density at radius 3 is 1.12 bits per heavy atom. The molecule has 11 atom stereocenters. The summed E-state index contributed by atoms with van der Waals surface area (Å²) in [5, 5.41) is 24.4. The third-order valence-corrected chi connectivity index (χ3v) is 21.7. The third kappa shape index (κ3) is 30.7. The minimum Gasteiger partial charge on any atom is -0.469 e. The number of methoxy groups -OCH3 is 1. The van der Waals surface area contributed by atoms with Crippen molar-refractivity contribution >= 4 is 63.5 Å². The molecule has 0 bridgehead atoms. The minimum atomic E-state index is -3.79. The highest BCUT2D eigenvalue weighted by atomic mass is 32.2. The summed E-state index contributed by atoms with van der Waals surface area (Å²) in [7, 11) is -2.44. The molecular formula is C91H110F5N11O16S. The van der Waals surface area contributed by atoms with Crippen molar-refractivity contribution in [1.29, 1.82) is 0 Å². The molecule has 14 rings (SSSR count). The van der Waals surface area contributed by atoms with Gasteiger partial charge in [-0.1, -0.05) is 217 Å². The SMILES string of the molecule is CC(C)(C)OC(=O)N[C@@H]1C(=O)N(Cc2ccccc2)C[C@@H]1CF.COC(=O)C1CC(=O)N(Cc2ccccc2)C1.CS(=O)(=O)O[C@H]1C(=O)N(Cc2ccccc2)C[C@@H]1CF.O=C1CC(CF)CN1Cc1ccccc1.O=C1CC(CO)CN1Cc1ccccc1.O=C1[C@H](O)[C@@H](CF)CN1Cc1ccccc1.[N-]=[N+]=N[C@@H]1C(=O)N(Cc2ccccc2)C[C@@H]1CF. The number of likely N-dealkylation sites (tertiary alicyclic amines) is 7. The summed E-state index contributed by atoms with van der Waals surface area (Å²) >= 11 is 0. The Morgan fingerprint density at radius 1 is 0.452 bits per heavy atom. The zero-order valence-corrected chi connectivity index (χ0v) is 71.0. The molecule has 7 aromatic rings. The number of ether oxygens (including phenoxy) is 2. The van der Waals surface area contributed by atoms with Gasteiger partial charge in [0.1, 0.15) is 23.8 Å². The number of benzene rings is 7. The zero-order valence-electron chi connectivity index (χ0n) is 70.2. The molecule has 0 aliphatic carbocycles. The Kier molecular flexibility index (Phi) is 38.7. The van der Waals surface area contributed by atoms with Crippen LogP contribution in [-0.4, -0.2) is 235 Å². The van der Waals surface area contributed by atoms with Gasteiger partial charge in [0, 0.05) is 158 Å². The first-order chi connectivity index (χ1) is 59.5. The lowest BCUT2D eigenvalue weighted by Crippen LogP contribution is -2.46.